The molecule has 0 saturated heterocycles. The molecule has 0 bridgehead atoms. The van der Waals surface area contributed by atoms with Crippen LogP contribution >= 0.6 is 11.3 Å². The summed E-state index contributed by atoms with van der Waals surface area (Å²) in [6.45, 7) is 1.96. The van der Waals surface area contributed by atoms with E-state index in [-0.39, 0.29) is 11.6 Å². The molecule has 0 aliphatic heterocycles. The van der Waals surface area contributed by atoms with Crippen LogP contribution in [0.4, 0.5) is 5.69 Å². The molecular weight excluding hydrogens is 348 g/mol. The minimum absolute atomic E-state index is 0.207. The molecule has 0 unspecified atom stereocenters. The second kappa shape index (κ2) is 6.89. The third-order valence-corrected chi connectivity index (χ3v) is 4.50. The molecule has 6 nitrogen and oxygen atoms in total. The van der Waals surface area contributed by atoms with Crippen LogP contribution in [0, 0.1) is 6.92 Å². The van der Waals surface area contributed by atoms with E-state index < -0.39 is 0 Å². The Labute approximate surface area is 153 Å². The highest BCUT2D eigenvalue weighted by Crippen LogP contribution is 2.25. The number of anilines is 1. The number of hydrogen-bond donors (Lipinski definition) is 1. The number of benzene rings is 1. The average Bonchev–Trinajstić information content (AvgIpc) is 3.32. The Balaban J connectivity index is 1.53. The van der Waals surface area contributed by atoms with Gasteiger partial charge in [-0.15, -0.1) is 11.3 Å². The Morgan fingerprint density at radius 3 is 2.81 bits per heavy atom. The third-order valence-electron chi connectivity index (χ3n) is 3.72. The number of rotatable bonds is 4. The van der Waals surface area contributed by atoms with Gasteiger partial charge in [-0.2, -0.15) is 0 Å². The lowest BCUT2D eigenvalue weighted by atomic mass is 10.1. The van der Waals surface area contributed by atoms with Crippen molar-refractivity contribution in [2.45, 2.75) is 6.92 Å². The second-order valence-corrected chi connectivity index (χ2v) is 6.67. The zero-order chi connectivity index (χ0) is 17.9. The Bertz CT molecular complexity index is 1060. The van der Waals surface area contributed by atoms with E-state index in [0.29, 0.717) is 11.4 Å². The number of aryl methyl sites for hydroxylation is 1. The molecule has 0 spiro atoms. The number of aromatic nitrogens is 3. The minimum Gasteiger partial charge on any atom is -0.355 e. The first-order chi connectivity index (χ1) is 12.7. The number of thiazole rings is 1. The molecule has 7 heteroatoms. The lowest BCUT2D eigenvalue weighted by Gasteiger charge is -2.04. The molecular formula is C19H14N4O2S. The van der Waals surface area contributed by atoms with Gasteiger partial charge in [-0.25, -0.2) is 4.98 Å². The number of carbonyl (C=O) groups excluding carboxylic acids is 1. The van der Waals surface area contributed by atoms with Gasteiger partial charge < -0.3 is 9.84 Å². The molecule has 1 amide bonds. The Hall–Kier alpha value is -3.32. The normalized spacial score (nSPS) is 10.7. The van der Waals surface area contributed by atoms with Gasteiger partial charge in [0.15, 0.2) is 11.5 Å². The molecule has 0 radical (unpaired) electrons. The lowest BCUT2D eigenvalue weighted by Crippen LogP contribution is -2.12. The molecule has 0 fully saturated rings. The van der Waals surface area contributed by atoms with Gasteiger partial charge in [0.2, 0.25) is 0 Å². The summed E-state index contributed by atoms with van der Waals surface area (Å²) in [7, 11) is 0. The topological polar surface area (TPSA) is 80.9 Å². The van der Waals surface area contributed by atoms with Crippen molar-refractivity contribution in [2.24, 2.45) is 0 Å². The van der Waals surface area contributed by atoms with Crippen LogP contribution in [-0.4, -0.2) is 21.0 Å². The molecule has 4 aromatic rings. The highest BCUT2D eigenvalue weighted by atomic mass is 32.1. The molecule has 0 saturated carbocycles. The zero-order valence-corrected chi connectivity index (χ0v) is 14.7. The van der Waals surface area contributed by atoms with Gasteiger partial charge in [0.05, 0.1) is 10.7 Å². The van der Waals surface area contributed by atoms with Gasteiger partial charge in [0.1, 0.15) is 0 Å². The molecule has 128 valence electrons. The fourth-order valence-electron chi connectivity index (χ4n) is 2.47. The van der Waals surface area contributed by atoms with Crippen molar-refractivity contribution in [3.05, 3.63) is 70.9 Å². The summed E-state index contributed by atoms with van der Waals surface area (Å²) in [6, 6.07) is 12.8. The summed E-state index contributed by atoms with van der Waals surface area (Å²) < 4.78 is 5.25. The van der Waals surface area contributed by atoms with E-state index in [9.17, 15) is 4.79 Å². The SMILES string of the molecule is Cc1nc(-c2cccc(NC(=O)c3cc(-c4cccnc4)on3)c2)cs1. The van der Waals surface area contributed by atoms with Crippen LogP contribution < -0.4 is 5.32 Å². The van der Waals surface area contributed by atoms with Crippen molar-refractivity contribution in [1.82, 2.24) is 15.1 Å². The summed E-state index contributed by atoms with van der Waals surface area (Å²) in [5, 5.41) is 9.68. The highest BCUT2D eigenvalue weighted by molar-refractivity contribution is 7.09. The first kappa shape index (κ1) is 16.2. The molecule has 1 N–H and O–H groups in total. The molecule has 26 heavy (non-hydrogen) atoms. The molecule has 0 aliphatic rings. The van der Waals surface area contributed by atoms with Crippen LogP contribution in [0.1, 0.15) is 15.5 Å². The first-order valence-corrected chi connectivity index (χ1v) is 8.78. The maximum Gasteiger partial charge on any atom is 0.277 e. The number of pyridine rings is 1. The summed E-state index contributed by atoms with van der Waals surface area (Å²) in [4.78, 5) is 20.9. The van der Waals surface area contributed by atoms with Crippen molar-refractivity contribution in [3.63, 3.8) is 0 Å². The summed E-state index contributed by atoms with van der Waals surface area (Å²) in [5.74, 6) is 0.158. The van der Waals surface area contributed by atoms with Crippen molar-refractivity contribution < 1.29 is 9.32 Å². The number of hydrogen-bond acceptors (Lipinski definition) is 6. The second-order valence-electron chi connectivity index (χ2n) is 5.60. The molecule has 0 atom stereocenters. The van der Waals surface area contributed by atoms with Crippen LogP contribution in [0.25, 0.3) is 22.6 Å². The van der Waals surface area contributed by atoms with Gasteiger partial charge in [0.25, 0.3) is 5.91 Å². The van der Waals surface area contributed by atoms with Crippen molar-refractivity contribution in [1.29, 1.82) is 0 Å². The van der Waals surface area contributed by atoms with Gasteiger partial charge in [0, 0.05) is 40.7 Å². The lowest BCUT2D eigenvalue weighted by molar-refractivity contribution is 0.101. The maximum atomic E-state index is 12.4. The predicted octanol–water partition coefficient (Wildman–Crippen LogP) is 4.42. The van der Waals surface area contributed by atoms with Gasteiger partial charge >= 0.3 is 0 Å². The first-order valence-electron chi connectivity index (χ1n) is 7.90. The smallest absolute Gasteiger partial charge is 0.277 e. The van der Waals surface area contributed by atoms with E-state index in [4.69, 9.17) is 4.52 Å². The van der Waals surface area contributed by atoms with E-state index in [1.807, 2.05) is 42.6 Å². The van der Waals surface area contributed by atoms with E-state index in [1.165, 1.54) is 0 Å². The van der Waals surface area contributed by atoms with Gasteiger partial charge in [-0.05, 0) is 31.2 Å². The zero-order valence-electron chi connectivity index (χ0n) is 13.8. The van der Waals surface area contributed by atoms with E-state index in [0.717, 1.165) is 21.8 Å². The fourth-order valence-corrected chi connectivity index (χ4v) is 3.10. The molecule has 1 aromatic carbocycles. The average molecular weight is 362 g/mol. The van der Waals surface area contributed by atoms with E-state index in [1.54, 1.807) is 35.9 Å². The number of amides is 1. The summed E-state index contributed by atoms with van der Waals surface area (Å²) >= 11 is 1.59. The highest BCUT2D eigenvalue weighted by Gasteiger charge is 2.14. The Kier molecular flexibility index (Phi) is 4.28. The molecule has 0 aliphatic carbocycles. The molecule has 3 heterocycles. The Morgan fingerprint density at radius 1 is 1.15 bits per heavy atom. The van der Waals surface area contributed by atoms with Crippen LogP contribution in [0.2, 0.25) is 0 Å². The third kappa shape index (κ3) is 3.38. The van der Waals surface area contributed by atoms with Gasteiger partial charge in [-0.3, -0.25) is 9.78 Å². The van der Waals surface area contributed by atoms with Crippen molar-refractivity contribution in [3.8, 4) is 22.6 Å². The molecule has 3 aromatic heterocycles. The summed E-state index contributed by atoms with van der Waals surface area (Å²) in [6.07, 6.45) is 3.33. The monoisotopic (exact) mass is 362 g/mol. The predicted molar refractivity (Wildman–Crippen MR) is 100.0 cm³/mol. The van der Waals surface area contributed by atoms with Crippen molar-refractivity contribution in [2.75, 3.05) is 5.32 Å². The minimum atomic E-state index is -0.338. The van der Waals surface area contributed by atoms with E-state index in [2.05, 4.69) is 20.4 Å². The van der Waals surface area contributed by atoms with Crippen LogP contribution in [0.5, 0.6) is 0 Å². The number of nitrogens with one attached hydrogen (secondary N) is 1. The van der Waals surface area contributed by atoms with Crippen molar-refractivity contribution >= 4 is 22.9 Å². The summed E-state index contributed by atoms with van der Waals surface area (Å²) in [5.41, 5.74) is 3.48. The maximum absolute atomic E-state index is 12.4. The van der Waals surface area contributed by atoms with Crippen LogP contribution in [0.3, 0.4) is 0 Å². The number of nitrogens with zero attached hydrogens (tertiary/aromatic N) is 3. The molecule has 4 rings (SSSR count). The largest absolute Gasteiger partial charge is 0.355 e. The quantitative estimate of drug-likeness (QED) is 0.581. The van der Waals surface area contributed by atoms with Crippen LogP contribution in [-0.2, 0) is 0 Å². The van der Waals surface area contributed by atoms with Crippen LogP contribution in [0.15, 0.2) is 64.8 Å². The van der Waals surface area contributed by atoms with Gasteiger partial charge in [-0.1, -0.05) is 17.3 Å². The fraction of sp³-hybridized carbons (Fsp3) is 0.0526. The van der Waals surface area contributed by atoms with E-state index >= 15 is 0 Å². The number of carbonyl (C=O) groups is 1. The Morgan fingerprint density at radius 2 is 2.04 bits per heavy atom. The standard InChI is InChI=1S/C19H14N4O2S/c1-12-21-17(11-26-12)13-4-2-6-15(8-13)22-19(24)16-9-18(25-23-16)14-5-3-7-20-10-14/h2-11H,1H3,(H,22,24).